The summed E-state index contributed by atoms with van der Waals surface area (Å²) in [4.78, 5) is 13.3. The summed E-state index contributed by atoms with van der Waals surface area (Å²) in [5, 5.41) is 3.02. The maximum atomic E-state index is 12.1. The molecule has 1 aromatic rings. The second-order valence-electron chi connectivity index (χ2n) is 4.40. The van der Waals surface area contributed by atoms with Gasteiger partial charge in [0.2, 0.25) is 5.76 Å². The maximum Gasteiger partial charge on any atom is 0.290 e. The molecule has 0 aliphatic carbocycles. The van der Waals surface area contributed by atoms with Gasteiger partial charge in [0.25, 0.3) is 5.91 Å². The Morgan fingerprint density at radius 1 is 1.32 bits per heavy atom. The zero-order valence-electron chi connectivity index (χ0n) is 10.4. The average Bonchev–Trinajstić information content (AvgIpc) is 2.48. The van der Waals surface area contributed by atoms with Crippen LogP contribution in [-0.2, 0) is 14.3 Å². The van der Waals surface area contributed by atoms with Gasteiger partial charge in [0.05, 0.1) is 6.04 Å². The van der Waals surface area contributed by atoms with Crippen molar-refractivity contribution in [3.63, 3.8) is 0 Å². The van der Waals surface area contributed by atoms with Crippen molar-refractivity contribution in [2.45, 2.75) is 17.4 Å². The molecule has 1 unspecified atom stereocenters. The van der Waals surface area contributed by atoms with E-state index in [4.69, 9.17) is 9.47 Å². The Hall–Kier alpha value is -1.62. The molecule has 1 aromatic carbocycles. The fourth-order valence-electron chi connectivity index (χ4n) is 2.21. The second-order valence-corrected chi connectivity index (χ2v) is 5.54. The number of fused-ring (bicyclic) bond motifs is 1. The minimum Gasteiger partial charge on any atom is -0.494 e. The summed E-state index contributed by atoms with van der Waals surface area (Å²) >= 11 is 1.83. The van der Waals surface area contributed by atoms with E-state index in [2.05, 4.69) is 17.4 Å². The van der Waals surface area contributed by atoms with Crippen molar-refractivity contribution in [2.75, 3.05) is 19.0 Å². The van der Waals surface area contributed by atoms with Crippen LogP contribution in [0.2, 0.25) is 0 Å². The number of hydrogen-bond donors (Lipinski definition) is 1. The molecule has 0 spiro atoms. The highest BCUT2D eigenvalue weighted by atomic mass is 32.2. The molecular formula is C14H15NO3S. The van der Waals surface area contributed by atoms with Gasteiger partial charge in [-0.05, 0) is 18.1 Å². The molecule has 1 N–H and O–H groups in total. The van der Waals surface area contributed by atoms with Crippen LogP contribution in [0.4, 0.5) is 0 Å². The summed E-state index contributed by atoms with van der Waals surface area (Å²) < 4.78 is 10.4. The van der Waals surface area contributed by atoms with Crippen LogP contribution in [0.15, 0.2) is 41.2 Å². The number of nitrogens with one attached hydrogen (secondary N) is 1. The molecule has 2 aliphatic heterocycles. The minimum absolute atomic E-state index is 0.0522. The fourth-order valence-corrected chi connectivity index (χ4v) is 3.33. The van der Waals surface area contributed by atoms with E-state index in [-0.39, 0.29) is 17.7 Å². The van der Waals surface area contributed by atoms with Crippen LogP contribution in [0.25, 0.3) is 0 Å². The predicted octanol–water partition coefficient (Wildman–Crippen LogP) is 2.23. The van der Waals surface area contributed by atoms with Crippen molar-refractivity contribution in [3.05, 3.63) is 41.9 Å². The van der Waals surface area contributed by atoms with Gasteiger partial charge < -0.3 is 14.8 Å². The van der Waals surface area contributed by atoms with Crippen LogP contribution < -0.4 is 5.32 Å². The Labute approximate surface area is 116 Å². The molecule has 0 saturated heterocycles. The van der Waals surface area contributed by atoms with Crippen molar-refractivity contribution in [1.29, 1.82) is 0 Å². The third kappa shape index (κ3) is 2.71. The molecule has 0 fully saturated rings. The third-order valence-electron chi connectivity index (χ3n) is 3.14. The molecule has 2 heterocycles. The monoisotopic (exact) mass is 277 g/mol. The standard InChI is InChI=1S/C14H15NO3S/c16-14(12-9-17-6-7-18-12)15-11-5-8-19-13-4-2-1-3-10(11)13/h1-4,9,11H,5-8H2,(H,15,16). The first-order chi connectivity index (χ1) is 9.34. The van der Waals surface area contributed by atoms with E-state index in [0.29, 0.717) is 13.2 Å². The molecule has 4 nitrogen and oxygen atoms in total. The van der Waals surface area contributed by atoms with Gasteiger partial charge in [-0.25, -0.2) is 0 Å². The summed E-state index contributed by atoms with van der Waals surface area (Å²) in [7, 11) is 0. The summed E-state index contributed by atoms with van der Waals surface area (Å²) in [5.41, 5.74) is 1.18. The first-order valence-electron chi connectivity index (χ1n) is 6.32. The van der Waals surface area contributed by atoms with Crippen molar-refractivity contribution in [2.24, 2.45) is 0 Å². The summed E-state index contributed by atoms with van der Waals surface area (Å²) in [6.07, 6.45) is 2.32. The molecule has 1 atom stereocenters. The fraction of sp³-hybridized carbons (Fsp3) is 0.357. The van der Waals surface area contributed by atoms with Gasteiger partial charge in [0.1, 0.15) is 19.5 Å². The molecule has 2 aliphatic rings. The number of benzene rings is 1. The number of thioether (sulfide) groups is 1. The van der Waals surface area contributed by atoms with E-state index in [9.17, 15) is 4.79 Å². The van der Waals surface area contributed by atoms with Crippen molar-refractivity contribution in [3.8, 4) is 0 Å². The van der Waals surface area contributed by atoms with Crippen LogP contribution in [0.1, 0.15) is 18.0 Å². The lowest BCUT2D eigenvalue weighted by Gasteiger charge is -2.26. The Bertz CT molecular complexity index is 515. The molecule has 0 saturated carbocycles. The topological polar surface area (TPSA) is 47.6 Å². The summed E-state index contributed by atoms with van der Waals surface area (Å²) in [5.74, 6) is 1.08. The van der Waals surface area contributed by atoms with Gasteiger partial charge in [0, 0.05) is 10.6 Å². The Balaban J connectivity index is 1.74. The lowest BCUT2D eigenvalue weighted by atomic mass is 10.0. The van der Waals surface area contributed by atoms with Gasteiger partial charge in [-0.3, -0.25) is 4.79 Å². The van der Waals surface area contributed by atoms with Crippen molar-refractivity contribution < 1.29 is 14.3 Å². The number of carbonyl (C=O) groups excluding carboxylic acids is 1. The summed E-state index contributed by atoms with van der Waals surface area (Å²) in [6.45, 7) is 0.927. The Morgan fingerprint density at radius 3 is 3.05 bits per heavy atom. The number of hydrogen-bond acceptors (Lipinski definition) is 4. The van der Waals surface area contributed by atoms with Gasteiger partial charge in [-0.2, -0.15) is 0 Å². The second kappa shape index (κ2) is 5.57. The normalized spacial score (nSPS) is 21.5. The number of ether oxygens (including phenoxy) is 2. The minimum atomic E-state index is -0.202. The van der Waals surface area contributed by atoms with Crippen LogP contribution >= 0.6 is 11.8 Å². The van der Waals surface area contributed by atoms with Crippen molar-refractivity contribution >= 4 is 17.7 Å². The van der Waals surface area contributed by atoms with E-state index in [1.54, 1.807) is 0 Å². The van der Waals surface area contributed by atoms with Gasteiger partial charge in [0.15, 0.2) is 0 Å². The van der Waals surface area contributed by atoms with E-state index >= 15 is 0 Å². The van der Waals surface area contributed by atoms with E-state index < -0.39 is 0 Å². The van der Waals surface area contributed by atoms with E-state index in [0.717, 1.165) is 12.2 Å². The summed E-state index contributed by atoms with van der Waals surface area (Å²) in [6, 6.07) is 8.24. The third-order valence-corrected chi connectivity index (χ3v) is 4.26. The number of rotatable bonds is 2. The average molecular weight is 277 g/mol. The maximum absolute atomic E-state index is 12.1. The Kier molecular flexibility index (Phi) is 3.64. The smallest absolute Gasteiger partial charge is 0.290 e. The van der Waals surface area contributed by atoms with Gasteiger partial charge in [-0.1, -0.05) is 18.2 Å². The molecule has 0 aromatic heterocycles. The zero-order chi connectivity index (χ0) is 13.1. The number of amides is 1. The predicted molar refractivity (Wildman–Crippen MR) is 72.7 cm³/mol. The first kappa shape index (κ1) is 12.4. The highest BCUT2D eigenvalue weighted by molar-refractivity contribution is 7.99. The highest BCUT2D eigenvalue weighted by Crippen LogP contribution is 2.35. The molecular weight excluding hydrogens is 262 g/mol. The highest BCUT2D eigenvalue weighted by Gasteiger charge is 2.24. The lowest BCUT2D eigenvalue weighted by molar-refractivity contribution is -0.123. The van der Waals surface area contributed by atoms with Gasteiger partial charge >= 0.3 is 0 Å². The molecule has 0 bridgehead atoms. The lowest BCUT2D eigenvalue weighted by Crippen LogP contribution is -2.33. The molecule has 19 heavy (non-hydrogen) atoms. The largest absolute Gasteiger partial charge is 0.494 e. The SMILES string of the molecule is O=C(NC1CCSc2ccccc21)C1=COCCO1. The first-order valence-corrected chi connectivity index (χ1v) is 7.30. The van der Waals surface area contributed by atoms with Crippen LogP contribution in [0, 0.1) is 0 Å². The molecule has 5 heteroatoms. The van der Waals surface area contributed by atoms with Gasteiger partial charge in [-0.15, -0.1) is 11.8 Å². The molecule has 100 valence electrons. The molecule has 0 radical (unpaired) electrons. The van der Waals surface area contributed by atoms with E-state index in [1.165, 1.54) is 16.7 Å². The zero-order valence-corrected chi connectivity index (χ0v) is 11.2. The quantitative estimate of drug-likeness (QED) is 0.900. The molecule has 3 rings (SSSR count). The van der Waals surface area contributed by atoms with Crippen LogP contribution in [-0.4, -0.2) is 24.9 Å². The van der Waals surface area contributed by atoms with Crippen molar-refractivity contribution in [1.82, 2.24) is 5.32 Å². The number of carbonyl (C=O) groups is 1. The van der Waals surface area contributed by atoms with Crippen LogP contribution in [0.5, 0.6) is 0 Å². The Morgan fingerprint density at radius 2 is 2.21 bits per heavy atom. The van der Waals surface area contributed by atoms with E-state index in [1.807, 2.05) is 23.9 Å². The van der Waals surface area contributed by atoms with Crippen LogP contribution in [0.3, 0.4) is 0 Å². The molecule has 1 amide bonds.